The molecule has 0 saturated heterocycles. The number of ether oxygens (including phenoxy) is 2. The van der Waals surface area contributed by atoms with E-state index >= 15 is 0 Å². The second kappa shape index (κ2) is 9.98. The highest BCUT2D eigenvalue weighted by atomic mass is 16.5. The Hall–Kier alpha value is -3.54. The lowest BCUT2D eigenvalue weighted by atomic mass is 9.71. The Labute approximate surface area is 207 Å². The van der Waals surface area contributed by atoms with Crippen molar-refractivity contribution in [3.63, 3.8) is 0 Å². The molecule has 35 heavy (non-hydrogen) atoms. The van der Waals surface area contributed by atoms with Crippen molar-refractivity contribution in [2.75, 3.05) is 26.1 Å². The highest BCUT2D eigenvalue weighted by Crippen LogP contribution is 2.46. The predicted octanol–water partition coefficient (Wildman–Crippen LogP) is 5.07. The fraction of sp³-hybridized carbons (Fsp3) is 0.379. The number of dihydropyridines is 1. The maximum absolute atomic E-state index is 13.7. The summed E-state index contributed by atoms with van der Waals surface area (Å²) in [6.45, 7) is 5.56. The van der Waals surface area contributed by atoms with Crippen LogP contribution in [-0.2, 0) is 14.3 Å². The van der Waals surface area contributed by atoms with E-state index in [9.17, 15) is 9.59 Å². The summed E-state index contributed by atoms with van der Waals surface area (Å²) in [5, 5.41) is 3.41. The zero-order valence-corrected chi connectivity index (χ0v) is 21.3. The standard InChI is InChI=1S/C29H34N2O4/c1-17(2)35-29(33)26-18(3)30-24-15-21(19-9-13-23(34-6)14-10-19)16-25(32)28(24)27(26)20-7-11-22(12-8-20)31(4)5/h7-14,17,21,27,30H,15-16H2,1-6H3. The molecule has 0 bridgehead atoms. The number of benzene rings is 2. The molecule has 2 aromatic carbocycles. The highest BCUT2D eigenvalue weighted by Gasteiger charge is 2.41. The number of esters is 1. The maximum atomic E-state index is 13.7. The van der Waals surface area contributed by atoms with E-state index in [-0.39, 0.29) is 23.8 Å². The van der Waals surface area contributed by atoms with Crippen molar-refractivity contribution in [3.8, 4) is 5.75 Å². The number of nitrogens with zero attached hydrogens (tertiary/aromatic N) is 1. The minimum absolute atomic E-state index is 0.0589. The summed E-state index contributed by atoms with van der Waals surface area (Å²) in [6, 6.07) is 16.0. The Kier molecular flexibility index (Phi) is 7.01. The molecule has 1 aliphatic carbocycles. The minimum Gasteiger partial charge on any atom is -0.497 e. The topological polar surface area (TPSA) is 67.9 Å². The van der Waals surface area contributed by atoms with Crippen molar-refractivity contribution >= 4 is 17.4 Å². The lowest BCUT2D eigenvalue weighted by Crippen LogP contribution is -2.36. The zero-order chi connectivity index (χ0) is 25.3. The van der Waals surface area contributed by atoms with E-state index in [1.165, 1.54) is 0 Å². The first kappa shape index (κ1) is 24.6. The van der Waals surface area contributed by atoms with Crippen LogP contribution in [0.3, 0.4) is 0 Å². The van der Waals surface area contributed by atoms with Crippen LogP contribution >= 0.6 is 0 Å². The first-order valence-electron chi connectivity index (χ1n) is 12.1. The van der Waals surface area contributed by atoms with Gasteiger partial charge in [0, 0.05) is 49.1 Å². The van der Waals surface area contributed by atoms with Gasteiger partial charge in [-0.2, -0.15) is 0 Å². The lowest BCUT2D eigenvalue weighted by molar-refractivity contribution is -0.143. The first-order valence-corrected chi connectivity index (χ1v) is 12.1. The maximum Gasteiger partial charge on any atom is 0.337 e. The number of rotatable bonds is 6. The van der Waals surface area contributed by atoms with E-state index in [1.807, 2.05) is 88.3 Å². The van der Waals surface area contributed by atoms with Gasteiger partial charge in [0.25, 0.3) is 0 Å². The summed E-state index contributed by atoms with van der Waals surface area (Å²) >= 11 is 0. The van der Waals surface area contributed by atoms with Crippen molar-refractivity contribution < 1.29 is 19.1 Å². The van der Waals surface area contributed by atoms with Gasteiger partial charge in [0.2, 0.25) is 0 Å². The monoisotopic (exact) mass is 474 g/mol. The Balaban J connectivity index is 1.76. The molecule has 6 nitrogen and oxygen atoms in total. The number of carbonyl (C=O) groups excluding carboxylic acids is 2. The Morgan fingerprint density at radius 1 is 1.00 bits per heavy atom. The summed E-state index contributed by atoms with van der Waals surface area (Å²) in [5.74, 6) is 0.0678. The number of methoxy groups -OCH3 is 1. The Bertz CT molecular complexity index is 1170. The number of ketones is 1. The van der Waals surface area contributed by atoms with Crippen molar-refractivity contribution in [1.82, 2.24) is 5.32 Å². The van der Waals surface area contributed by atoms with Crippen LogP contribution in [0.4, 0.5) is 5.69 Å². The van der Waals surface area contributed by atoms with E-state index in [0.29, 0.717) is 24.0 Å². The molecule has 1 aliphatic heterocycles. The predicted molar refractivity (Wildman–Crippen MR) is 138 cm³/mol. The molecule has 184 valence electrons. The number of nitrogens with one attached hydrogen (secondary N) is 1. The van der Waals surface area contributed by atoms with E-state index < -0.39 is 5.92 Å². The molecule has 0 aromatic heterocycles. The molecule has 6 heteroatoms. The smallest absolute Gasteiger partial charge is 0.337 e. The zero-order valence-electron chi connectivity index (χ0n) is 21.3. The van der Waals surface area contributed by atoms with Crippen molar-refractivity contribution in [2.24, 2.45) is 0 Å². The molecule has 0 radical (unpaired) electrons. The fourth-order valence-electron chi connectivity index (χ4n) is 5.00. The van der Waals surface area contributed by atoms with E-state index in [4.69, 9.17) is 9.47 Å². The molecule has 2 aliphatic rings. The second-order valence-corrected chi connectivity index (χ2v) is 9.73. The number of hydrogen-bond acceptors (Lipinski definition) is 6. The van der Waals surface area contributed by atoms with E-state index in [2.05, 4.69) is 5.32 Å². The summed E-state index contributed by atoms with van der Waals surface area (Å²) in [6.07, 6.45) is 0.838. The molecular weight excluding hydrogens is 440 g/mol. The first-order chi connectivity index (χ1) is 16.7. The van der Waals surface area contributed by atoms with Crippen LogP contribution in [0.5, 0.6) is 5.75 Å². The van der Waals surface area contributed by atoms with Crippen LogP contribution in [0.2, 0.25) is 0 Å². The molecule has 0 saturated carbocycles. The largest absolute Gasteiger partial charge is 0.497 e. The lowest BCUT2D eigenvalue weighted by Gasteiger charge is -2.37. The van der Waals surface area contributed by atoms with Crippen LogP contribution in [0.1, 0.15) is 56.6 Å². The molecule has 0 fully saturated rings. The van der Waals surface area contributed by atoms with Gasteiger partial charge in [0.15, 0.2) is 5.78 Å². The Morgan fingerprint density at radius 3 is 2.20 bits per heavy atom. The molecule has 0 amide bonds. The van der Waals surface area contributed by atoms with Crippen molar-refractivity contribution in [2.45, 2.75) is 51.6 Å². The van der Waals surface area contributed by atoms with Gasteiger partial charge in [-0.1, -0.05) is 24.3 Å². The van der Waals surface area contributed by atoms with Crippen molar-refractivity contribution in [1.29, 1.82) is 0 Å². The Morgan fingerprint density at radius 2 is 1.63 bits per heavy atom. The van der Waals surface area contributed by atoms with Gasteiger partial charge < -0.3 is 19.7 Å². The number of hydrogen-bond donors (Lipinski definition) is 1. The molecule has 1 heterocycles. The molecule has 4 rings (SSSR count). The van der Waals surface area contributed by atoms with Gasteiger partial charge in [-0.15, -0.1) is 0 Å². The summed E-state index contributed by atoms with van der Waals surface area (Å²) in [4.78, 5) is 28.9. The number of allylic oxidation sites excluding steroid dienone is 3. The van der Waals surface area contributed by atoms with Gasteiger partial charge in [0.05, 0.1) is 18.8 Å². The van der Waals surface area contributed by atoms with Crippen LogP contribution in [0.15, 0.2) is 71.1 Å². The third-order valence-electron chi connectivity index (χ3n) is 6.72. The van der Waals surface area contributed by atoms with Crippen LogP contribution < -0.4 is 15.0 Å². The van der Waals surface area contributed by atoms with Gasteiger partial charge in [0.1, 0.15) is 5.75 Å². The average molecular weight is 475 g/mol. The average Bonchev–Trinajstić information content (AvgIpc) is 2.82. The summed E-state index contributed by atoms with van der Waals surface area (Å²) in [7, 11) is 5.61. The minimum atomic E-state index is -0.460. The third kappa shape index (κ3) is 4.97. The van der Waals surface area contributed by atoms with Crippen molar-refractivity contribution in [3.05, 3.63) is 82.2 Å². The third-order valence-corrected chi connectivity index (χ3v) is 6.72. The quantitative estimate of drug-likeness (QED) is 0.590. The van der Waals surface area contributed by atoms with Crippen LogP contribution in [0.25, 0.3) is 0 Å². The van der Waals surface area contributed by atoms with Crippen LogP contribution in [0, 0.1) is 0 Å². The summed E-state index contributed by atoms with van der Waals surface area (Å²) in [5.41, 5.74) is 5.88. The number of anilines is 1. The van der Waals surface area contributed by atoms with Gasteiger partial charge in [-0.25, -0.2) is 4.79 Å². The second-order valence-electron chi connectivity index (χ2n) is 9.73. The van der Waals surface area contributed by atoms with Gasteiger partial charge >= 0.3 is 5.97 Å². The van der Waals surface area contributed by atoms with E-state index in [1.54, 1.807) is 7.11 Å². The number of carbonyl (C=O) groups is 2. The normalized spacial score (nSPS) is 19.9. The molecule has 0 spiro atoms. The van der Waals surface area contributed by atoms with Gasteiger partial charge in [-0.3, -0.25) is 4.79 Å². The molecule has 2 atom stereocenters. The molecular formula is C29H34N2O4. The molecule has 1 N–H and O–H groups in total. The summed E-state index contributed by atoms with van der Waals surface area (Å²) < 4.78 is 10.9. The van der Waals surface area contributed by atoms with Crippen LogP contribution in [-0.4, -0.2) is 39.1 Å². The fourth-order valence-corrected chi connectivity index (χ4v) is 5.00. The molecule has 2 unspecified atom stereocenters. The van der Waals surface area contributed by atoms with Gasteiger partial charge in [-0.05, 0) is 68.5 Å². The van der Waals surface area contributed by atoms with E-state index in [0.717, 1.165) is 34.0 Å². The molecule has 2 aromatic rings. The highest BCUT2D eigenvalue weighted by molar-refractivity contribution is 6.04. The SMILES string of the molecule is COc1ccc(C2CC(=O)C3=C(C2)NC(C)=C(C(=O)OC(C)C)C3c2ccc(N(C)C)cc2)cc1. The number of Topliss-reactive ketones (excluding diaryl/α,β-unsaturated/α-hetero) is 1.